The van der Waals surface area contributed by atoms with Gasteiger partial charge in [-0.25, -0.2) is 0 Å². The summed E-state index contributed by atoms with van der Waals surface area (Å²) in [7, 11) is 0. The molecule has 1 aliphatic rings. The first-order chi connectivity index (χ1) is 10.3. The van der Waals surface area contributed by atoms with E-state index in [1.54, 1.807) is 6.07 Å². The molecule has 1 aliphatic heterocycles. The molecule has 1 atom stereocenters. The van der Waals surface area contributed by atoms with Crippen LogP contribution in [0.2, 0.25) is 0 Å². The van der Waals surface area contributed by atoms with Gasteiger partial charge in [0.05, 0.1) is 12.0 Å². The number of hydrogen-bond acceptors (Lipinski definition) is 3. The highest BCUT2D eigenvalue weighted by molar-refractivity contribution is 6.00. The minimum Gasteiger partial charge on any atom is -0.508 e. The van der Waals surface area contributed by atoms with Gasteiger partial charge < -0.3 is 9.84 Å². The van der Waals surface area contributed by atoms with Crippen molar-refractivity contribution < 1.29 is 14.6 Å². The number of benzene rings is 2. The van der Waals surface area contributed by atoms with Gasteiger partial charge in [0.25, 0.3) is 0 Å². The SMILES string of the molecule is CC(C)(C)c1ccc([C@H]2CC(=O)c3cc(O)ccc3O2)cc1. The fraction of sp³-hybridized carbons (Fsp3) is 0.316. The average molecular weight is 296 g/mol. The molecule has 0 spiro atoms. The van der Waals surface area contributed by atoms with Crippen LogP contribution in [0.15, 0.2) is 42.5 Å². The number of ketones is 1. The molecule has 0 saturated carbocycles. The van der Waals surface area contributed by atoms with Gasteiger partial charge in [-0.05, 0) is 34.7 Å². The maximum absolute atomic E-state index is 12.3. The molecule has 1 N–H and O–H groups in total. The highest BCUT2D eigenvalue weighted by Crippen LogP contribution is 2.37. The molecule has 0 aliphatic carbocycles. The molecule has 0 fully saturated rings. The quantitative estimate of drug-likeness (QED) is 0.848. The van der Waals surface area contributed by atoms with Crippen molar-refractivity contribution in [3.8, 4) is 11.5 Å². The molecular weight excluding hydrogens is 276 g/mol. The summed E-state index contributed by atoms with van der Waals surface area (Å²) in [6, 6.07) is 12.9. The van der Waals surface area contributed by atoms with Gasteiger partial charge in [0, 0.05) is 0 Å². The second kappa shape index (κ2) is 5.16. The summed E-state index contributed by atoms with van der Waals surface area (Å²) in [5, 5.41) is 9.49. The Kier molecular flexibility index (Phi) is 3.44. The van der Waals surface area contributed by atoms with Gasteiger partial charge >= 0.3 is 0 Å². The van der Waals surface area contributed by atoms with Crippen LogP contribution in [0.5, 0.6) is 11.5 Å². The van der Waals surface area contributed by atoms with Gasteiger partial charge in [-0.1, -0.05) is 45.0 Å². The zero-order chi connectivity index (χ0) is 15.9. The normalized spacial score (nSPS) is 17.8. The molecule has 0 aromatic heterocycles. The molecule has 3 rings (SSSR count). The molecule has 2 aromatic carbocycles. The van der Waals surface area contributed by atoms with Crippen molar-refractivity contribution >= 4 is 5.78 Å². The largest absolute Gasteiger partial charge is 0.508 e. The summed E-state index contributed by atoms with van der Waals surface area (Å²) in [6.45, 7) is 6.52. The third kappa shape index (κ3) is 2.71. The minimum absolute atomic E-state index is 0.00190. The summed E-state index contributed by atoms with van der Waals surface area (Å²) in [5.41, 5.74) is 2.82. The van der Waals surface area contributed by atoms with Crippen molar-refractivity contribution in [3.05, 3.63) is 59.2 Å². The Bertz CT molecular complexity index is 708. The fourth-order valence-corrected chi connectivity index (χ4v) is 2.70. The Morgan fingerprint density at radius 1 is 1.09 bits per heavy atom. The Hall–Kier alpha value is -2.29. The zero-order valence-electron chi connectivity index (χ0n) is 13.1. The van der Waals surface area contributed by atoms with Gasteiger partial charge in [0.15, 0.2) is 5.78 Å². The van der Waals surface area contributed by atoms with Crippen LogP contribution in [0.1, 0.15) is 54.8 Å². The molecule has 3 heteroatoms. The van der Waals surface area contributed by atoms with Crippen LogP contribution in [0, 0.1) is 0 Å². The van der Waals surface area contributed by atoms with E-state index in [-0.39, 0.29) is 23.1 Å². The summed E-state index contributed by atoms with van der Waals surface area (Å²) >= 11 is 0. The summed E-state index contributed by atoms with van der Waals surface area (Å²) < 4.78 is 5.94. The second-order valence-electron chi connectivity index (χ2n) is 6.79. The van der Waals surface area contributed by atoms with E-state index in [0.717, 1.165) is 5.56 Å². The lowest BCUT2D eigenvalue weighted by Crippen LogP contribution is -2.20. The van der Waals surface area contributed by atoms with Crippen LogP contribution in [0.4, 0.5) is 0 Å². The zero-order valence-corrected chi connectivity index (χ0v) is 13.1. The van der Waals surface area contributed by atoms with E-state index in [4.69, 9.17) is 4.74 Å². The maximum Gasteiger partial charge on any atom is 0.170 e. The highest BCUT2D eigenvalue weighted by Gasteiger charge is 2.28. The summed E-state index contributed by atoms with van der Waals surface area (Å²) in [6.07, 6.45) is 0.0317. The Morgan fingerprint density at radius 2 is 1.77 bits per heavy atom. The number of Topliss-reactive ketones (excluding diaryl/α,β-unsaturated/α-hetero) is 1. The van der Waals surface area contributed by atoms with Crippen LogP contribution < -0.4 is 4.74 Å². The van der Waals surface area contributed by atoms with Crippen LogP contribution in [-0.2, 0) is 5.41 Å². The number of carbonyl (C=O) groups excluding carboxylic acids is 1. The lowest BCUT2D eigenvalue weighted by Gasteiger charge is -2.26. The third-order valence-electron chi connectivity index (χ3n) is 4.05. The van der Waals surface area contributed by atoms with Crippen LogP contribution in [0.3, 0.4) is 0 Å². The number of rotatable bonds is 1. The van der Waals surface area contributed by atoms with Crippen molar-refractivity contribution in [2.75, 3.05) is 0 Å². The lowest BCUT2D eigenvalue weighted by atomic mass is 9.86. The van der Waals surface area contributed by atoms with Crippen molar-refractivity contribution in [1.82, 2.24) is 0 Å². The van der Waals surface area contributed by atoms with Crippen molar-refractivity contribution in [2.45, 2.75) is 38.7 Å². The standard InChI is InChI=1S/C19H20O3/c1-19(2,3)13-6-4-12(5-7-13)18-11-16(21)15-10-14(20)8-9-17(15)22-18/h4-10,18,20H,11H2,1-3H3/t18-/m1/s1. The smallest absolute Gasteiger partial charge is 0.170 e. The molecule has 0 saturated heterocycles. The van der Waals surface area contributed by atoms with E-state index in [1.807, 2.05) is 12.1 Å². The van der Waals surface area contributed by atoms with Gasteiger partial charge in [0.1, 0.15) is 17.6 Å². The van der Waals surface area contributed by atoms with E-state index >= 15 is 0 Å². The lowest BCUT2D eigenvalue weighted by molar-refractivity contribution is 0.0849. The number of aromatic hydroxyl groups is 1. The molecule has 0 unspecified atom stereocenters. The summed E-state index contributed by atoms with van der Waals surface area (Å²) in [5.74, 6) is 0.629. The number of ether oxygens (including phenoxy) is 1. The Balaban J connectivity index is 1.88. The van der Waals surface area contributed by atoms with E-state index in [0.29, 0.717) is 17.7 Å². The molecule has 2 aromatic rings. The number of phenolic OH excluding ortho intramolecular Hbond substituents is 1. The Labute approximate surface area is 130 Å². The van der Waals surface area contributed by atoms with Crippen LogP contribution in [-0.4, -0.2) is 10.9 Å². The molecular formula is C19H20O3. The topological polar surface area (TPSA) is 46.5 Å². The first-order valence-electron chi connectivity index (χ1n) is 7.48. The molecule has 0 amide bonds. The van der Waals surface area contributed by atoms with Crippen molar-refractivity contribution in [3.63, 3.8) is 0 Å². The Morgan fingerprint density at radius 3 is 2.41 bits per heavy atom. The van der Waals surface area contributed by atoms with Crippen molar-refractivity contribution in [1.29, 1.82) is 0 Å². The predicted octanol–water partition coefficient (Wildman–Crippen LogP) is 4.40. The summed E-state index contributed by atoms with van der Waals surface area (Å²) in [4.78, 5) is 12.3. The van der Waals surface area contributed by atoms with Gasteiger partial charge in [-0.15, -0.1) is 0 Å². The highest BCUT2D eigenvalue weighted by atomic mass is 16.5. The van der Waals surface area contributed by atoms with E-state index in [1.165, 1.54) is 17.7 Å². The van der Waals surface area contributed by atoms with Crippen molar-refractivity contribution in [2.24, 2.45) is 0 Å². The molecule has 0 bridgehead atoms. The number of fused-ring (bicyclic) bond motifs is 1. The maximum atomic E-state index is 12.3. The third-order valence-corrected chi connectivity index (χ3v) is 4.05. The van der Waals surface area contributed by atoms with Crippen LogP contribution in [0.25, 0.3) is 0 Å². The molecule has 1 heterocycles. The number of phenols is 1. The number of carbonyl (C=O) groups is 1. The minimum atomic E-state index is -0.265. The monoisotopic (exact) mass is 296 g/mol. The van der Waals surface area contributed by atoms with Gasteiger partial charge in [-0.2, -0.15) is 0 Å². The fourth-order valence-electron chi connectivity index (χ4n) is 2.70. The molecule has 3 nitrogen and oxygen atoms in total. The predicted molar refractivity (Wildman–Crippen MR) is 85.6 cm³/mol. The second-order valence-corrected chi connectivity index (χ2v) is 6.79. The van der Waals surface area contributed by atoms with Gasteiger partial charge in [-0.3, -0.25) is 4.79 Å². The van der Waals surface area contributed by atoms with E-state index in [2.05, 4.69) is 32.9 Å². The average Bonchev–Trinajstić information content (AvgIpc) is 2.47. The van der Waals surface area contributed by atoms with Crippen LogP contribution >= 0.6 is 0 Å². The number of hydrogen-bond donors (Lipinski definition) is 1. The molecule has 22 heavy (non-hydrogen) atoms. The molecule has 114 valence electrons. The van der Waals surface area contributed by atoms with E-state index in [9.17, 15) is 9.90 Å². The van der Waals surface area contributed by atoms with Gasteiger partial charge in [0.2, 0.25) is 0 Å². The first-order valence-corrected chi connectivity index (χ1v) is 7.48. The molecule has 0 radical (unpaired) electrons. The first kappa shape index (κ1) is 14.6. The van der Waals surface area contributed by atoms with E-state index < -0.39 is 0 Å².